The van der Waals surface area contributed by atoms with Crippen molar-refractivity contribution < 1.29 is 18.0 Å². The molecular weight excluding hydrogens is 281 g/mol. The predicted molar refractivity (Wildman–Crippen MR) is 74.5 cm³/mol. The highest BCUT2D eigenvalue weighted by atomic mass is 19.1. The summed E-state index contributed by atoms with van der Waals surface area (Å²) in [5.41, 5.74) is 0.200. The number of hydrogen-bond donors (Lipinski definition) is 2. The van der Waals surface area contributed by atoms with Crippen molar-refractivity contribution in [3.63, 3.8) is 0 Å². The van der Waals surface area contributed by atoms with E-state index in [9.17, 15) is 18.0 Å². The quantitative estimate of drug-likeness (QED) is 0.885. The lowest BCUT2D eigenvalue weighted by Gasteiger charge is -2.08. The second-order valence-corrected chi connectivity index (χ2v) is 4.33. The van der Waals surface area contributed by atoms with Crippen LogP contribution in [0.5, 0.6) is 0 Å². The molecule has 6 heteroatoms. The minimum absolute atomic E-state index is 0.0190. The van der Waals surface area contributed by atoms with E-state index in [1.54, 1.807) is 18.2 Å². The van der Waals surface area contributed by atoms with E-state index in [1.165, 1.54) is 6.07 Å². The Morgan fingerprint density at radius 3 is 2.43 bits per heavy atom. The van der Waals surface area contributed by atoms with Crippen molar-refractivity contribution in [2.24, 2.45) is 0 Å². The van der Waals surface area contributed by atoms with Crippen LogP contribution in [-0.4, -0.2) is 12.5 Å². The highest BCUT2D eigenvalue weighted by Gasteiger charge is 2.08. The number of anilines is 2. The van der Waals surface area contributed by atoms with Gasteiger partial charge in [-0.25, -0.2) is 13.2 Å². The third-order valence-corrected chi connectivity index (χ3v) is 2.75. The number of rotatable bonds is 5. The maximum atomic E-state index is 13.3. The number of carbonyl (C=O) groups excluding carboxylic acids is 1. The molecule has 2 aromatic carbocycles. The Kier molecular flexibility index (Phi) is 4.81. The first-order valence-electron chi connectivity index (χ1n) is 6.29. The zero-order chi connectivity index (χ0) is 15.2. The molecule has 0 aliphatic rings. The van der Waals surface area contributed by atoms with Gasteiger partial charge in [-0.2, -0.15) is 0 Å². The number of carbonyl (C=O) groups is 1. The summed E-state index contributed by atoms with van der Waals surface area (Å²) in [7, 11) is 0. The smallest absolute Gasteiger partial charge is 0.226 e. The second kappa shape index (κ2) is 6.78. The predicted octanol–water partition coefficient (Wildman–Crippen LogP) is 3.54. The first kappa shape index (κ1) is 14.9. The largest absolute Gasteiger partial charge is 0.382 e. The third-order valence-electron chi connectivity index (χ3n) is 2.75. The molecule has 0 aliphatic heterocycles. The molecule has 2 rings (SSSR count). The Bertz CT molecular complexity index is 647. The Morgan fingerprint density at radius 1 is 0.952 bits per heavy atom. The van der Waals surface area contributed by atoms with Crippen molar-refractivity contribution in [1.82, 2.24) is 0 Å². The van der Waals surface area contributed by atoms with Crippen molar-refractivity contribution >= 4 is 17.3 Å². The van der Waals surface area contributed by atoms with Gasteiger partial charge in [0.2, 0.25) is 5.91 Å². The van der Waals surface area contributed by atoms with E-state index in [0.29, 0.717) is 11.8 Å². The van der Waals surface area contributed by atoms with Gasteiger partial charge in [-0.1, -0.05) is 12.1 Å². The molecule has 0 aromatic heterocycles. The highest BCUT2D eigenvalue weighted by molar-refractivity contribution is 5.91. The van der Waals surface area contributed by atoms with Crippen LogP contribution in [0.25, 0.3) is 0 Å². The summed E-state index contributed by atoms with van der Waals surface area (Å²) in [6.07, 6.45) is 0.0190. The molecule has 0 atom stereocenters. The van der Waals surface area contributed by atoms with E-state index < -0.39 is 23.4 Å². The van der Waals surface area contributed by atoms with Gasteiger partial charge in [-0.3, -0.25) is 4.79 Å². The number of halogens is 3. The molecule has 0 saturated heterocycles. The van der Waals surface area contributed by atoms with Crippen LogP contribution in [0, 0.1) is 17.5 Å². The van der Waals surface area contributed by atoms with Gasteiger partial charge in [0.1, 0.15) is 17.5 Å². The summed E-state index contributed by atoms with van der Waals surface area (Å²) in [5, 5.41) is 5.09. The zero-order valence-corrected chi connectivity index (χ0v) is 11.0. The average molecular weight is 294 g/mol. The molecule has 0 fully saturated rings. The van der Waals surface area contributed by atoms with Crippen LogP contribution >= 0.6 is 0 Å². The summed E-state index contributed by atoms with van der Waals surface area (Å²) >= 11 is 0. The van der Waals surface area contributed by atoms with Gasteiger partial charge in [0, 0.05) is 19.0 Å². The number of amides is 1. The normalized spacial score (nSPS) is 10.2. The third kappa shape index (κ3) is 4.24. The fourth-order valence-corrected chi connectivity index (χ4v) is 1.72. The monoisotopic (exact) mass is 294 g/mol. The standard InChI is InChI=1S/C15H13F3N2O/c16-10-5-6-14(12(18)9-10)20-15(21)7-8-19-13-4-2-1-3-11(13)17/h1-6,9,19H,7-8H2,(H,20,21). The summed E-state index contributed by atoms with van der Waals surface area (Å²) < 4.78 is 39.3. The van der Waals surface area contributed by atoms with E-state index in [-0.39, 0.29) is 18.7 Å². The topological polar surface area (TPSA) is 41.1 Å². The molecule has 0 heterocycles. The van der Waals surface area contributed by atoms with E-state index in [2.05, 4.69) is 10.6 Å². The van der Waals surface area contributed by atoms with Crippen LogP contribution < -0.4 is 10.6 Å². The van der Waals surface area contributed by atoms with Crippen molar-refractivity contribution in [3.05, 3.63) is 59.9 Å². The Hall–Kier alpha value is -2.50. The van der Waals surface area contributed by atoms with Gasteiger partial charge in [0.15, 0.2) is 0 Å². The molecule has 0 aliphatic carbocycles. The fraction of sp³-hybridized carbons (Fsp3) is 0.133. The second-order valence-electron chi connectivity index (χ2n) is 4.33. The van der Waals surface area contributed by atoms with Crippen LogP contribution in [-0.2, 0) is 4.79 Å². The Balaban J connectivity index is 1.84. The highest BCUT2D eigenvalue weighted by Crippen LogP contribution is 2.15. The molecule has 0 bridgehead atoms. The van der Waals surface area contributed by atoms with Crippen LogP contribution in [0.15, 0.2) is 42.5 Å². The molecule has 2 N–H and O–H groups in total. The van der Waals surface area contributed by atoms with Crippen molar-refractivity contribution in [3.8, 4) is 0 Å². The first-order chi connectivity index (χ1) is 10.1. The lowest BCUT2D eigenvalue weighted by Crippen LogP contribution is -2.17. The van der Waals surface area contributed by atoms with Gasteiger partial charge in [-0.15, -0.1) is 0 Å². The maximum absolute atomic E-state index is 13.3. The summed E-state index contributed by atoms with van der Waals surface area (Å²) in [6.45, 7) is 0.190. The van der Waals surface area contributed by atoms with Crippen molar-refractivity contribution in [1.29, 1.82) is 0 Å². The Labute approximate surface area is 119 Å². The number of nitrogens with one attached hydrogen (secondary N) is 2. The minimum Gasteiger partial charge on any atom is -0.382 e. The molecule has 0 saturated carbocycles. The van der Waals surface area contributed by atoms with Gasteiger partial charge in [0.25, 0.3) is 0 Å². The van der Waals surface area contributed by atoms with Crippen LogP contribution in [0.1, 0.15) is 6.42 Å². The number of benzene rings is 2. The average Bonchev–Trinajstić information content (AvgIpc) is 2.44. The minimum atomic E-state index is -0.842. The van der Waals surface area contributed by atoms with Gasteiger partial charge < -0.3 is 10.6 Å². The van der Waals surface area contributed by atoms with Gasteiger partial charge in [0.05, 0.1) is 11.4 Å². The molecule has 0 unspecified atom stereocenters. The summed E-state index contributed by atoms with van der Waals surface area (Å²) in [4.78, 5) is 11.6. The van der Waals surface area contributed by atoms with Crippen LogP contribution in [0.3, 0.4) is 0 Å². The van der Waals surface area contributed by atoms with Crippen molar-refractivity contribution in [2.75, 3.05) is 17.2 Å². The maximum Gasteiger partial charge on any atom is 0.226 e. The lowest BCUT2D eigenvalue weighted by molar-refractivity contribution is -0.116. The molecule has 1 amide bonds. The number of para-hydroxylation sites is 1. The van der Waals surface area contributed by atoms with Crippen LogP contribution in [0.4, 0.5) is 24.5 Å². The Morgan fingerprint density at radius 2 is 1.71 bits per heavy atom. The van der Waals surface area contributed by atoms with E-state index in [4.69, 9.17) is 0 Å². The molecule has 2 aromatic rings. The molecule has 3 nitrogen and oxygen atoms in total. The lowest BCUT2D eigenvalue weighted by atomic mass is 10.2. The molecule has 110 valence electrons. The molecule has 0 radical (unpaired) electrons. The summed E-state index contributed by atoms with van der Waals surface area (Å²) in [6, 6.07) is 8.96. The van der Waals surface area contributed by atoms with Crippen molar-refractivity contribution in [2.45, 2.75) is 6.42 Å². The van der Waals surface area contributed by atoms with E-state index in [0.717, 1.165) is 12.1 Å². The fourth-order valence-electron chi connectivity index (χ4n) is 1.72. The number of hydrogen-bond acceptors (Lipinski definition) is 2. The summed E-state index contributed by atoms with van der Waals surface area (Å²) in [5.74, 6) is -2.43. The zero-order valence-electron chi connectivity index (χ0n) is 11.0. The SMILES string of the molecule is O=C(CCNc1ccccc1F)Nc1ccc(F)cc1F. The van der Waals surface area contributed by atoms with Gasteiger partial charge >= 0.3 is 0 Å². The van der Waals surface area contributed by atoms with Crippen LogP contribution in [0.2, 0.25) is 0 Å². The first-order valence-corrected chi connectivity index (χ1v) is 6.29. The van der Waals surface area contributed by atoms with E-state index in [1.807, 2.05) is 0 Å². The van der Waals surface area contributed by atoms with E-state index >= 15 is 0 Å². The molecule has 21 heavy (non-hydrogen) atoms. The van der Waals surface area contributed by atoms with Gasteiger partial charge in [-0.05, 0) is 24.3 Å². The molecular formula is C15H13F3N2O. The molecule has 0 spiro atoms.